The summed E-state index contributed by atoms with van der Waals surface area (Å²) in [6.45, 7) is 0. The number of rotatable bonds is 4. The van der Waals surface area contributed by atoms with Crippen LogP contribution in [0.4, 0.5) is 0 Å². The van der Waals surface area contributed by atoms with Crippen LogP contribution < -0.4 is 10.1 Å². The zero-order chi connectivity index (χ0) is 13.9. The Bertz CT molecular complexity index is 557. The lowest BCUT2D eigenvalue weighted by atomic mass is 9.98. The number of likely N-dealkylation sites (N-methyl/N-ethyl adjacent to an activating group) is 1. The van der Waals surface area contributed by atoms with Crippen molar-refractivity contribution < 1.29 is 4.74 Å². The van der Waals surface area contributed by atoms with Crippen molar-refractivity contribution in [1.29, 1.82) is 0 Å². The first kappa shape index (κ1) is 13.9. The molecule has 0 saturated heterocycles. The molecule has 1 aliphatic heterocycles. The first-order valence-electron chi connectivity index (χ1n) is 6.92. The molecule has 1 heterocycles. The van der Waals surface area contributed by atoms with Crippen LogP contribution in [0, 0.1) is 3.57 Å². The Kier molecular flexibility index (Phi) is 4.27. The topological polar surface area (TPSA) is 21.3 Å². The highest BCUT2D eigenvalue weighted by Gasteiger charge is 2.29. The van der Waals surface area contributed by atoms with E-state index >= 15 is 0 Å². The Morgan fingerprint density at radius 3 is 2.65 bits per heavy atom. The Balaban J connectivity index is 1.71. The standard InChI is InChI=1S/C17H18INO/c1-19-15(10-12-6-8-14(18)9-7-12)17-11-13-4-2-3-5-16(13)20-17/h2-9,15,17,19H,10-11H2,1H3. The SMILES string of the molecule is CNC(Cc1ccc(I)cc1)C1Cc2ccccc2O1. The predicted octanol–water partition coefficient (Wildman–Crippen LogP) is 3.43. The number of para-hydroxylation sites is 1. The summed E-state index contributed by atoms with van der Waals surface area (Å²) in [5, 5.41) is 3.42. The van der Waals surface area contributed by atoms with Gasteiger partial charge in [-0.15, -0.1) is 0 Å². The molecular formula is C17H18INO. The fourth-order valence-corrected chi connectivity index (χ4v) is 3.09. The van der Waals surface area contributed by atoms with Crippen LogP contribution in [0.3, 0.4) is 0 Å². The van der Waals surface area contributed by atoms with Crippen molar-refractivity contribution in [1.82, 2.24) is 5.32 Å². The molecular weight excluding hydrogens is 361 g/mol. The largest absolute Gasteiger partial charge is 0.488 e. The monoisotopic (exact) mass is 379 g/mol. The Morgan fingerprint density at radius 1 is 1.20 bits per heavy atom. The Hall–Kier alpha value is -1.07. The smallest absolute Gasteiger partial charge is 0.123 e. The lowest BCUT2D eigenvalue weighted by Gasteiger charge is -2.23. The molecule has 0 bridgehead atoms. The van der Waals surface area contributed by atoms with Crippen LogP contribution >= 0.6 is 22.6 Å². The molecule has 20 heavy (non-hydrogen) atoms. The van der Waals surface area contributed by atoms with Crippen molar-refractivity contribution in [3.05, 3.63) is 63.2 Å². The maximum atomic E-state index is 6.09. The molecule has 0 fully saturated rings. The summed E-state index contributed by atoms with van der Waals surface area (Å²) < 4.78 is 7.37. The number of hydrogen-bond donors (Lipinski definition) is 1. The summed E-state index contributed by atoms with van der Waals surface area (Å²) in [6.07, 6.45) is 2.20. The van der Waals surface area contributed by atoms with E-state index in [0.717, 1.165) is 18.6 Å². The Morgan fingerprint density at radius 2 is 1.95 bits per heavy atom. The molecule has 2 aromatic carbocycles. The van der Waals surface area contributed by atoms with Crippen LogP contribution in [0.25, 0.3) is 0 Å². The second-order valence-corrected chi connectivity index (χ2v) is 6.44. The summed E-state index contributed by atoms with van der Waals surface area (Å²) in [5.74, 6) is 1.04. The third kappa shape index (κ3) is 2.99. The maximum absolute atomic E-state index is 6.09. The minimum Gasteiger partial charge on any atom is -0.488 e. The van der Waals surface area contributed by atoms with Crippen molar-refractivity contribution in [2.24, 2.45) is 0 Å². The van der Waals surface area contributed by atoms with Gasteiger partial charge in [0.25, 0.3) is 0 Å². The maximum Gasteiger partial charge on any atom is 0.123 e. The van der Waals surface area contributed by atoms with E-state index in [1.54, 1.807) is 0 Å². The zero-order valence-electron chi connectivity index (χ0n) is 11.5. The molecule has 2 nitrogen and oxygen atoms in total. The number of fused-ring (bicyclic) bond motifs is 1. The molecule has 0 saturated carbocycles. The molecule has 1 aliphatic rings. The van der Waals surface area contributed by atoms with Gasteiger partial charge in [0, 0.05) is 16.0 Å². The van der Waals surface area contributed by atoms with Gasteiger partial charge in [0.05, 0.1) is 0 Å². The Labute approximate surface area is 133 Å². The molecule has 0 radical (unpaired) electrons. The molecule has 0 aromatic heterocycles. The second kappa shape index (κ2) is 6.14. The number of halogens is 1. The van der Waals surface area contributed by atoms with Crippen molar-refractivity contribution in [2.45, 2.75) is 25.0 Å². The highest BCUT2D eigenvalue weighted by atomic mass is 127. The first-order chi connectivity index (χ1) is 9.76. The van der Waals surface area contributed by atoms with E-state index < -0.39 is 0 Å². The van der Waals surface area contributed by atoms with Gasteiger partial charge in [-0.25, -0.2) is 0 Å². The fourth-order valence-electron chi connectivity index (χ4n) is 2.73. The summed E-state index contributed by atoms with van der Waals surface area (Å²) in [7, 11) is 2.02. The molecule has 2 unspecified atom stereocenters. The molecule has 0 spiro atoms. The predicted molar refractivity (Wildman–Crippen MR) is 90.3 cm³/mol. The van der Waals surface area contributed by atoms with Gasteiger partial charge in [-0.1, -0.05) is 30.3 Å². The van der Waals surface area contributed by atoms with Crippen LogP contribution in [-0.2, 0) is 12.8 Å². The molecule has 2 atom stereocenters. The average Bonchev–Trinajstić information content (AvgIpc) is 2.90. The normalized spacial score (nSPS) is 18.4. The highest BCUT2D eigenvalue weighted by molar-refractivity contribution is 14.1. The fraction of sp³-hybridized carbons (Fsp3) is 0.294. The highest BCUT2D eigenvalue weighted by Crippen LogP contribution is 2.30. The van der Waals surface area contributed by atoms with Gasteiger partial charge in [0.1, 0.15) is 11.9 Å². The van der Waals surface area contributed by atoms with Crippen LogP contribution in [0.5, 0.6) is 5.75 Å². The lowest BCUT2D eigenvalue weighted by molar-refractivity contribution is 0.182. The summed E-state index contributed by atoms with van der Waals surface area (Å²) >= 11 is 2.34. The third-order valence-electron chi connectivity index (χ3n) is 3.86. The zero-order valence-corrected chi connectivity index (χ0v) is 13.6. The van der Waals surface area contributed by atoms with Crippen LogP contribution in [0.15, 0.2) is 48.5 Å². The minimum atomic E-state index is 0.219. The number of nitrogens with one attached hydrogen (secondary N) is 1. The first-order valence-corrected chi connectivity index (χ1v) is 8.00. The number of benzene rings is 2. The summed E-state index contributed by atoms with van der Waals surface area (Å²) in [4.78, 5) is 0. The van der Waals surface area contributed by atoms with Crippen molar-refractivity contribution in [3.63, 3.8) is 0 Å². The molecule has 3 rings (SSSR count). The second-order valence-electron chi connectivity index (χ2n) is 5.19. The summed E-state index contributed by atoms with van der Waals surface area (Å²) in [6, 6.07) is 17.4. The molecule has 1 N–H and O–H groups in total. The van der Waals surface area contributed by atoms with E-state index in [9.17, 15) is 0 Å². The number of hydrogen-bond acceptors (Lipinski definition) is 2. The van der Waals surface area contributed by atoms with E-state index in [1.165, 1.54) is 14.7 Å². The molecule has 0 aliphatic carbocycles. The van der Waals surface area contributed by atoms with Crippen LogP contribution in [0.1, 0.15) is 11.1 Å². The van der Waals surface area contributed by atoms with Gasteiger partial charge in [0.15, 0.2) is 0 Å². The minimum absolute atomic E-state index is 0.219. The molecule has 0 amide bonds. The number of ether oxygens (including phenoxy) is 1. The van der Waals surface area contributed by atoms with Gasteiger partial charge in [-0.2, -0.15) is 0 Å². The van der Waals surface area contributed by atoms with E-state index in [0.29, 0.717) is 6.04 Å². The van der Waals surface area contributed by atoms with Crippen molar-refractivity contribution in [2.75, 3.05) is 7.05 Å². The van der Waals surface area contributed by atoms with Crippen molar-refractivity contribution in [3.8, 4) is 5.75 Å². The van der Waals surface area contributed by atoms with E-state index in [2.05, 4.69) is 70.4 Å². The van der Waals surface area contributed by atoms with E-state index in [4.69, 9.17) is 4.74 Å². The molecule has 104 valence electrons. The van der Waals surface area contributed by atoms with Crippen LogP contribution in [0.2, 0.25) is 0 Å². The third-order valence-corrected chi connectivity index (χ3v) is 4.58. The summed E-state index contributed by atoms with van der Waals surface area (Å²) in [5.41, 5.74) is 2.67. The van der Waals surface area contributed by atoms with Gasteiger partial charge >= 0.3 is 0 Å². The molecule has 2 aromatic rings. The van der Waals surface area contributed by atoms with Gasteiger partial charge in [-0.05, 0) is 65.4 Å². The quantitative estimate of drug-likeness (QED) is 0.823. The van der Waals surface area contributed by atoms with E-state index in [-0.39, 0.29) is 6.10 Å². The van der Waals surface area contributed by atoms with Gasteiger partial charge < -0.3 is 10.1 Å². The molecule has 3 heteroatoms. The van der Waals surface area contributed by atoms with Gasteiger partial charge in [-0.3, -0.25) is 0 Å². The van der Waals surface area contributed by atoms with Crippen LogP contribution in [-0.4, -0.2) is 19.2 Å². The van der Waals surface area contributed by atoms with Crippen molar-refractivity contribution >= 4 is 22.6 Å². The lowest BCUT2D eigenvalue weighted by Crippen LogP contribution is -2.42. The average molecular weight is 379 g/mol. The van der Waals surface area contributed by atoms with Gasteiger partial charge in [0.2, 0.25) is 0 Å². The van der Waals surface area contributed by atoms with E-state index in [1.807, 2.05) is 13.1 Å².